The fourth-order valence-electron chi connectivity index (χ4n) is 1.31. The van der Waals surface area contributed by atoms with E-state index in [-0.39, 0.29) is 16.5 Å². The van der Waals surface area contributed by atoms with Gasteiger partial charge < -0.3 is 5.11 Å². The molecule has 96 valence electrons. The van der Waals surface area contributed by atoms with Crippen molar-refractivity contribution < 1.29 is 13.5 Å². The lowest BCUT2D eigenvalue weighted by Crippen LogP contribution is -2.33. The average molecular weight is 298 g/mol. The van der Waals surface area contributed by atoms with Crippen LogP contribution in [0.2, 0.25) is 10.0 Å². The topological polar surface area (TPSA) is 57.6 Å². The molecule has 0 saturated heterocycles. The number of aliphatic hydroxyl groups is 1. The molecule has 0 spiro atoms. The summed E-state index contributed by atoms with van der Waals surface area (Å²) in [5, 5.41) is 9.59. The molecule has 1 rings (SSSR count). The molecule has 1 aromatic carbocycles. The molecule has 0 aromatic heterocycles. The van der Waals surface area contributed by atoms with Gasteiger partial charge in [0.2, 0.25) is 10.0 Å². The second kappa shape index (κ2) is 5.54. The monoisotopic (exact) mass is 297 g/mol. The van der Waals surface area contributed by atoms with Gasteiger partial charge in [0.15, 0.2) is 0 Å². The van der Waals surface area contributed by atoms with Crippen molar-refractivity contribution in [3.8, 4) is 0 Å². The van der Waals surface area contributed by atoms with Crippen LogP contribution in [0.25, 0.3) is 0 Å². The molecule has 0 radical (unpaired) electrons. The Labute approximate surface area is 111 Å². The summed E-state index contributed by atoms with van der Waals surface area (Å²) < 4.78 is 25.3. The number of hydrogen-bond donors (Lipinski definition) is 1. The van der Waals surface area contributed by atoms with Gasteiger partial charge in [-0.3, -0.25) is 0 Å². The number of halogens is 2. The van der Waals surface area contributed by atoms with Crippen LogP contribution in [0.3, 0.4) is 0 Å². The third-order valence-corrected chi connectivity index (χ3v) is 4.64. The molecule has 0 heterocycles. The Hall–Kier alpha value is -0.330. The highest BCUT2D eigenvalue weighted by Crippen LogP contribution is 2.27. The van der Waals surface area contributed by atoms with Crippen molar-refractivity contribution in [3.05, 3.63) is 28.2 Å². The molecule has 17 heavy (non-hydrogen) atoms. The minimum atomic E-state index is -3.73. The number of aliphatic hydroxyl groups excluding tert-OH is 1. The van der Waals surface area contributed by atoms with Gasteiger partial charge in [-0.15, -0.1) is 0 Å². The summed E-state index contributed by atoms with van der Waals surface area (Å²) in [7, 11) is -2.36. The van der Waals surface area contributed by atoms with E-state index >= 15 is 0 Å². The summed E-state index contributed by atoms with van der Waals surface area (Å²) >= 11 is 11.6. The highest BCUT2D eigenvalue weighted by Gasteiger charge is 2.24. The molecule has 0 aliphatic heterocycles. The smallest absolute Gasteiger partial charge is 0.244 e. The van der Waals surface area contributed by atoms with Gasteiger partial charge in [0, 0.05) is 18.6 Å². The Morgan fingerprint density at radius 3 is 2.53 bits per heavy atom. The minimum Gasteiger partial charge on any atom is -0.392 e. The van der Waals surface area contributed by atoms with Gasteiger partial charge >= 0.3 is 0 Å². The van der Waals surface area contributed by atoms with E-state index in [0.717, 1.165) is 4.31 Å². The molecular formula is C10H13Cl2NO3S. The first-order valence-corrected chi connectivity index (χ1v) is 7.04. The van der Waals surface area contributed by atoms with Crippen LogP contribution in [0.5, 0.6) is 0 Å². The van der Waals surface area contributed by atoms with Crippen LogP contribution in [0.4, 0.5) is 0 Å². The van der Waals surface area contributed by atoms with Crippen LogP contribution in [-0.2, 0) is 10.0 Å². The minimum absolute atomic E-state index is 0.00875. The number of benzene rings is 1. The van der Waals surface area contributed by atoms with Crippen LogP contribution in [0.15, 0.2) is 23.1 Å². The Morgan fingerprint density at radius 1 is 1.41 bits per heavy atom. The summed E-state index contributed by atoms with van der Waals surface area (Å²) in [6.45, 7) is 1.50. The van der Waals surface area contributed by atoms with E-state index in [2.05, 4.69) is 0 Å². The fraction of sp³-hybridized carbons (Fsp3) is 0.400. The van der Waals surface area contributed by atoms with E-state index in [1.807, 2.05) is 0 Å². The summed E-state index contributed by atoms with van der Waals surface area (Å²) in [5.74, 6) is 0. The molecule has 0 fully saturated rings. The highest BCUT2D eigenvalue weighted by molar-refractivity contribution is 7.89. The van der Waals surface area contributed by atoms with Crippen molar-refractivity contribution in [1.82, 2.24) is 4.31 Å². The third-order valence-electron chi connectivity index (χ3n) is 2.10. The lowest BCUT2D eigenvalue weighted by Gasteiger charge is -2.19. The van der Waals surface area contributed by atoms with E-state index in [9.17, 15) is 13.5 Å². The zero-order chi connectivity index (χ0) is 13.2. The predicted octanol–water partition coefficient (Wildman–Crippen LogP) is 1.99. The van der Waals surface area contributed by atoms with Crippen molar-refractivity contribution in [2.45, 2.75) is 17.9 Å². The van der Waals surface area contributed by atoms with Crippen molar-refractivity contribution in [3.63, 3.8) is 0 Å². The predicted molar refractivity (Wildman–Crippen MR) is 68.0 cm³/mol. The molecule has 1 atom stereocenters. The average Bonchev–Trinajstić information content (AvgIpc) is 2.20. The van der Waals surface area contributed by atoms with Crippen molar-refractivity contribution in [2.24, 2.45) is 0 Å². The summed E-state index contributed by atoms with van der Waals surface area (Å²) in [6, 6.07) is 4.22. The van der Waals surface area contributed by atoms with Crippen LogP contribution < -0.4 is 0 Å². The number of hydrogen-bond acceptors (Lipinski definition) is 3. The maximum Gasteiger partial charge on any atom is 0.244 e. The highest BCUT2D eigenvalue weighted by atomic mass is 35.5. The van der Waals surface area contributed by atoms with Crippen LogP contribution in [-0.4, -0.2) is 37.5 Å². The molecule has 0 aliphatic carbocycles. The van der Waals surface area contributed by atoms with Crippen molar-refractivity contribution in [2.75, 3.05) is 13.6 Å². The summed E-state index contributed by atoms with van der Waals surface area (Å²) in [5.41, 5.74) is 0. The normalized spacial score (nSPS) is 14.0. The molecule has 1 aromatic rings. The van der Waals surface area contributed by atoms with Gasteiger partial charge in [0.25, 0.3) is 0 Å². The number of sulfonamides is 1. The molecule has 0 aliphatic rings. The standard InChI is InChI=1S/C10H13Cl2NO3S/c1-7(14)6-13(2)17(15,16)10-5-8(11)3-4-9(10)12/h3-5,7,14H,6H2,1-2H3. The Morgan fingerprint density at radius 2 is 2.00 bits per heavy atom. The van der Waals surface area contributed by atoms with Gasteiger partial charge in [-0.2, -0.15) is 4.31 Å². The Bertz CT molecular complexity index is 502. The van der Waals surface area contributed by atoms with E-state index in [0.29, 0.717) is 5.02 Å². The fourth-order valence-corrected chi connectivity index (χ4v) is 3.30. The molecule has 1 unspecified atom stereocenters. The molecule has 1 N–H and O–H groups in total. The van der Waals surface area contributed by atoms with Gasteiger partial charge in [0.05, 0.1) is 11.1 Å². The number of likely N-dealkylation sites (N-methyl/N-ethyl adjacent to an activating group) is 1. The zero-order valence-electron chi connectivity index (χ0n) is 9.39. The second-order valence-electron chi connectivity index (χ2n) is 3.71. The van der Waals surface area contributed by atoms with Gasteiger partial charge in [-0.25, -0.2) is 8.42 Å². The first-order valence-electron chi connectivity index (χ1n) is 4.84. The van der Waals surface area contributed by atoms with E-state index in [1.54, 1.807) is 0 Å². The van der Waals surface area contributed by atoms with E-state index < -0.39 is 16.1 Å². The lowest BCUT2D eigenvalue weighted by atomic mass is 10.4. The number of rotatable bonds is 4. The van der Waals surface area contributed by atoms with Gasteiger partial charge in [-0.05, 0) is 25.1 Å². The van der Waals surface area contributed by atoms with Crippen molar-refractivity contribution >= 4 is 33.2 Å². The Kier molecular flexibility index (Phi) is 4.80. The van der Waals surface area contributed by atoms with Crippen LogP contribution >= 0.6 is 23.2 Å². The van der Waals surface area contributed by atoms with Crippen LogP contribution in [0.1, 0.15) is 6.92 Å². The van der Waals surface area contributed by atoms with Gasteiger partial charge in [0.1, 0.15) is 4.90 Å². The van der Waals surface area contributed by atoms with Crippen molar-refractivity contribution in [1.29, 1.82) is 0 Å². The third kappa shape index (κ3) is 3.56. The maximum atomic E-state index is 12.1. The molecule has 0 saturated carbocycles. The van der Waals surface area contributed by atoms with E-state index in [1.165, 1.54) is 32.2 Å². The first-order chi connectivity index (χ1) is 7.75. The SMILES string of the molecule is CC(O)CN(C)S(=O)(=O)c1cc(Cl)ccc1Cl. The quantitative estimate of drug-likeness (QED) is 0.925. The lowest BCUT2D eigenvalue weighted by molar-refractivity contribution is 0.171. The van der Waals surface area contributed by atoms with Gasteiger partial charge in [-0.1, -0.05) is 23.2 Å². The second-order valence-corrected chi connectivity index (χ2v) is 6.57. The van der Waals surface area contributed by atoms with E-state index in [4.69, 9.17) is 23.2 Å². The summed E-state index contributed by atoms with van der Waals surface area (Å²) in [6.07, 6.45) is -0.757. The maximum absolute atomic E-state index is 12.1. The molecule has 4 nitrogen and oxygen atoms in total. The molecule has 0 amide bonds. The summed E-state index contributed by atoms with van der Waals surface area (Å²) in [4.78, 5) is -0.0604. The van der Waals surface area contributed by atoms with Crippen LogP contribution in [0, 0.1) is 0 Å². The molecule has 0 bridgehead atoms. The number of nitrogens with zero attached hydrogens (tertiary/aromatic N) is 1. The first kappa shape index (κ1) is 14.7. The molecular weight excluding hydrogens is 285 g/mol. The Balaban J connectivity index is 3.17. The largest absolute Gasteiger partial charge is 0.392 e. The molecule has 7 heteroatoms. The zero-order valence-corrected chi connectivity index (χ0v) is 11.7.